The predicted molar refractivity (Wildman–Crippen MR) is 106 cm³/mol. The fourth-order valence-corrected chi connectivity index (χ4v) is 3.59. The zero-order valence-electron chi connectivity index (χ0n) is 16.0. The summed E-state index contributed by atoms with van der Waals surface area (Å²) in [6.45, 7) is -0.0827. The number of aromatic nitrogens is 1. The van der Waals surface area contributed by atoms with E-state index < -0.39 is 5.97 Å². The van der Waals surface area contributed by atoms with Gasteiger partial charge in [-0.2, -0.15) is 0 Å². The van der Waals surface area contributed by atoms with Crippen molar-refractivity contribution in [3.05, 3.63) is 36.0 Å². The van der Waals surface area contributed by atoms with Gasteiger partial charge < -0.3 is 20.4 Å². The van der Waals surface area contributed by atoms with Gasteiger partial charge in [-0.1, -0.05) is 37.5 Å². The van der Waals surface area contributed by atoms with Gasteiger partial charge in [0.1, 0.15) is 6.54 Å². The average molecular weight is 385 g/mol. The van der Waals surface area contributed by atoms with Gasteiger partial charge in [-0.3, -0.25) is 14.4 Å². The van der Waals surface area contributed by atoms with E-state index in [0.29, 0.717) is 13.0 Å². The lowest BCUT2D eigenvalue weighted by Crippen LogP contribution is -2.37. The maximum Gasteiger partial charge on any atom is 0.325 e. The fraction of sp³-hybridized carbons (Fsp3) is 0.476. The molecule has 0 spiro atoms. The monoisotopic (exact) mass is 385 g/mol. The largest absolute Gasteiger partial charge is 0.454 e. The SMILES string of the molecule is O=C(COC(=O)CNC(=O)C1CCCCC1)NCCc1c[nH]c2ccccc12. The Morgan fingerprint density at radius 3 is 2.68 bits per heavy atom. The van der Waals surface area contributed by atoms with E-state index in [1.54, 1.807) is 0 Å². The molecule has 2 amide bonds. The molecule has 2 aromatic rings. The van der Waals surface area contributed by atoms with Crippen LogP contribution in [-0.4, -0.2) is 42.5 Å². The van der Waals surface area contributed by atoms with Crippen molar-refractivity contribution < 1.29 is 19.1 Å². The van der Waals surface area contributed by atoms with Crippen LogP contribution in [0.3, 0.4) is 0 Å². The lowest BCUT2D eigenvalue weighted by Gasteiger charge is -2.20. The van der Waals surface area contributed by atoms with Gasteiger partial charge in [0.25, 0.3) is 5.91 Å². The van der Waals surface area contributed by atoms with Gasteiger partial charge in [0.05, 0.1) is 0 Å². The zero-order valence-corrected chi connectivity index (χ0v) is 16.0. The lowest BCUT2D eigenvalue weighted by molar-refractivity contribution is -0.148. The van der Waals surface area contributed by atoms with Gasteiger partial charge in [0, 0.05) is 29.6 Å². The summed E-state index contributed by atoms with van der Waals surface area (Å²) in [7, 11) is 0. The third kappa shape index (κ3) is 5.58. The molecule has 0 radical (unpaired) electrons. The number of hydrogen-bond acceptors (Lipinski definition) is 4. The number of nitrogens with one attached hydrogen (secondary N) is 3. The summed E-state index contributed by atoms with van der Waals surface area (Å²) in [6, 6.07) is 7.98. The molecule has 1 aromatic heterocycles. The molecule has 3 rings (SSSR count). The number of carbonyl (C=O) groups is 3. The Morgan fingerprint density at radius 1 is 1.07 bits per heavy atom. The molecule has 1 aliphatic carbocycles. The summed E-state index contributed by atoms with van der Waals surface area (Å²) in [4.78, 5) is 38.7. The van der Waals surface area contributed by atoms with E-state index in [0.717, 1.165) is 42.1 Å². The first-order valence-electron chi connectivity index (χ1n) is 9.88. The van der Waals surface area contributed by atoms with E-state index in [9.17, 15) is 14.4 Å². The van der Waals surface area contributed by atoms with Crippen molar-refractivity contribution in [2.75, 3.05) is 19.7 Å². The molecule has 0 unspecified atom stereocenters. The third-order valence-corrected chi connectivity index (χ3v) is 5.14. The van der Waals surface area contributed by atoms with Crippen molar-refractivity contribution in [1.29, 1.82) is 0 Å². The van der Waals surface area contributed by atoms with Crippen molar-refractivity contribution in [3.8, 4) is 0 Å². The Morgan fingerprint density at radius 2 is 1.86 bits per heavy atom. The van der Waals surface area contributed by atoms with Gasteiger partial charge in [0.15, 0.2) is 6.61 Å². The molecular formula is C21H27N3O4. The van der Waals surface area contributed by atoms with E-state index in [1.165, 1.54) is 6.42 Å². The van der Waals surface area contributed by atoms with Crippen LogP contribution < -0.4 is 10.6 Å². The van der Waals surface area contributed by atoms with Crippen LogP contribution in [0.25, 0.3) is 10.9 Å². The minimum absolute atomic E-state index is 0.00522. The number of esters is 1. The van der Waals surface area contributed by atoms with Gasteiger partial charge in [-0.05, 0) is 30.9 Å². The quantitative estimate of drug-likeness (QED) is 0.606. The van der Waals surface area contributed by atoms with Crippen LogP contribution in [0.5, 0.6) is 0 Å². The second-order valence-electron chi connectivity index (χ2n) is 7.17. The van der Waals surface area contributed by atoms with Crippen molar-refractivity contribution in [1.82, 2.24) is 15.6 Å². The van der Waals surface area contributed by atoms with Crippen LogP contribution >= 0.6 is 0 Å². The smallest absolute Gasteiger partial charge is 0.325 e. The summed E-state index contributed by atoms with van der Waals surface area (Å²) >= 11 is 0. The predicted octanol–water partition coefficient (Wildman–Crippen LogP) is 2.07. The Hall–Kier alpha value is -2.83. The molecule has 1 fully saturated rings. The summed E-state index contributed by atoms with van der Waals surface area (Å²) in [5.74, 6) is -1.06. The van der Waals surface area contributed by atoms with Crippen LogP contribution in [0.4, 0.5) is 0 Å². The first-order chi connectivity index (χ1) is 13.6. The molecule has 7 heteroatoms. The normalized spacial score (nSPS) is 14.6. The fourth-order valence-electron chi connectivity index (χ4n) is 3.59. The number of benzene rings is 1. The summed E-state index contributed by atoms with van der Waals surface area (Å²) in [5.41, 5.74) is 2.19. The Labute approximate surface area is 164 Å². The van der Waals surface area contributed by atoms with E-state index in [-0.39, 0.29) is 30.9 Å². The molecule has 1 aliphatic rings. The highest BCUT2D eigenvalue weighted by atomic mass is 16.5. The molecule has 0 atom stereocenters. The number of para-hydroxylation sites is 1. The van der Waals surface area contributed by atoms with Crippen molar-refractivity contribution in [2.24, 2.45) is 5.92 Å². The maximum atomic E-state index is 12.0. The molecule has 0 aliphatic heterocycles. The number of carbonyl (C=O) groups excluding carboxylic acids is 3. The number of amides is 2. The van der Waals surface area contributed by atoms with Crippen LogP contribution in [-0.2, 0) is 25.5 Å². The van der Waals surface area contributed by atoms with E-state index in [1.807, 2.05) is 30.5 Å². The standard InChI is InChI=1S/C21H27N3O4/c25-19(22-11-10-16-12-23-18-9-5-4-8-17(16)18)14-28-20(26)13-24-21(27)15-6-2-1-3-7-15/h4-5,8-9,12,15,23H,1-3,6-7,10-11,13-14H2,(H,22,25)(H,24,27). The number of hydrogen-bond donors (Lipinski definition) is 3. The Balaban J connectivity index is 1.30. The molecule has 3 N–H and O–H groups in total. The lowest BCUT2D eigenvalue weighted by atomic mass is 9.89. The molecular weight excluding hydrogens is 358 g/mol. The third-order valence-electron chi connectivity index (χ3n) is 5.14. The number of ether oxygens (including phenoxy) is 1. The van der Waals surface area contributed by atoms with Crippen LogP contribution in [0, 0.1) is 5.92 Å². The molecule has 150 valence electrons. The highest BCUT2D eigenvalue weighted by Gasteiger charge is 2.21. The van der Waals surface area contributed by atoms with Crippen LogP contribution in [0.15, 0.2) is 30.5 Å². The molecule has 7 nitrogen and oxygen atoms in total. The minimum Gasteiger partial charge on any atom is -0.454 e. The second-order valence-corrected chi connectivity index (χ2v) is 7.17. The van der Waals surface area contributed by atoms with Gasteiger partial charge >= 0.3 is 5.97 Å². The average Bonchev–Trinajstić information content (AvgIpc) is 3.14. The summed E-state index contributed by atoms with van der Waals surface area (Å²) in [5, 5.41) is 6.48. The van der Waals surface area contributed by atoms with Gasteiger partial charge in [-0.25, -0.2) is 0 Å². The molecule has 1 aromatic carbocycles. The number of aromatic amines is 1. The molecule has 28 heavy (non-hydrogen) atoms. The maximum absolute atomic E-state index is 12.0. The van der Waals surface area contributed by atoms with Gasteiger partial charge in [-0.15, -0.1) is 0 Å². The number of H-pyrrole nitrogens is 1. The highest BCUT2D eigenvalue weighted by Crippen LogP contribution is 2.23. The van der Waals surface area contributed by atoms with E-state index >= 15 is 0 Å². The zero-order chi connectivity index (χ0) is 19.8. The minimum atomic E-state index is -0.601. The molecule has 0 saturated heterocycles. The Bertz CT molecular complexity index is 824. The van der Waals surface area contributed by atoms with Gasteiger partial charge in [0.2, 0.25) is 5.91 Å². The highest BCUT2D eigenvalue weighted by molar-refractivity contribution is 5.85. The Kier molecular flexibility index (Phi) is 7.06. The van der Waals surface area contributed by atoms with Crippen LogP contribution in [0.1, 0.15) is 37.7 Å². The van der Waals surface area contributed by atoms with Crippen molar-refractivity contribution >= 4 is 28.7 Å². The topological polar surface area (TPSA) is 100 Å². The van der Waals surface area contributed by atoms with Crippen molar-refractivity contribution in [2.45, 2.75) is 38.5 Å². The second kappa shape index (κ2) is 9.92. The summed E-state index contributed by atoms with van der Waals surface area (Å²) < 4.78 is 4.93. The van der Waals surface area contributed by atoms with Crippen LogP contribution in [0.2, 0.25) is 0 Å². The first-order valence-corrected chi connectivity index (χ1v) is 9.88. The molecule has 1 saturated carbocycles. The molecule has 0 bridgehead atoms. The van der Waals surface area contributed by atoms with E-state index in [2.05, 4.69) is 15.6 Å². The first kappa shape index (κ1) is 19.9. The number of rotatable bonds is 8. The van der Waals surface area contributed by atoms with Crippen molar-refractivity contribution in [3.63, 3.8) is 0 Å². The number of fused-ring (bicyclic) bond motifs is 1. The van der Waals surface area contributed by atoms with E-state index in [4.69, 9.17) is 4.74 Å². The summed E-state index contributed by atoms with van der Waals surface area (Å²) in [6.07, 6.45) is 7.65. The molecule has 1 heterocycles.